The SMILES string of the molecule is CCn1nccc1-c1nsnc1Cl. The molecule has 0 N–H and O–H groups in total. The van der Waals surface area contributed by atoms with E-state index in [-0.39, 0.29) is 0 Å². The van der Waals surface area contributed by atoms with E-state index in [4.69, 9.17) is 11.6 Å². The minimum atomic E-state index is 0.445. The molecule has 0 aromatic carbocycles. The number of hydrogen-bond donors (Lipinski definition) is 0. The van der Waals surface area contributed by atoms with Gasteiger partial charge in [0.1, 0.15) is 5.69 Å². The monoisotopic (exact) mass is 214 g/mol. The van der Waals surface area contributed by atoms with Crippen molar-refractivity contribution in [3.63, 3.8) is 0 Å². The molecule has 0 spiro atoms. The van der Waals surface area contributed by atoms with Crippen molar-refractivity contribution in [1.82, 2.24) is 18.5 Å². The van der Waals surface area contributed by atoms with Crippen molar-refractivity contribution < 1.29 is 0 Å². The Kier molecular flexibility index (Phi) is 2.28. The van der Waals surface area contributed by atoms with E-state index in [1.807, 2.05) is 17.7 Å². The van der Waals surface area contributed by atoms with E-state index in [0.29, 0.717) is 10.8 Å². The van der Waals surface area contributed by atoms with Gasteiger partial charge in [0, 0.05) is 12.7 Å². The van der Waals surface area contributed by atoms with Gasteiger partial charge in [-0.2, -0.15) is 13.8 Å². The lowest BCUT2D eigenvalue weighted by Crippen LogP contribution is -1.98. The molecule has 0 amide bonds. The zero-order chi connectivity index (χ0) is 9.26. The second-order valence-corrected chi connectivity index (χ2v) is 3.32. The lowest BCUT2D eigenvalue weighted by Gasteiger charge is -2.00. The van der Waals surface area contributed by atoms with Gasteiger partial charge in [-0.15, -0.1) is 0 Å². The van der Waals surface area contributed by atoms with E-state index >= 15 is 0 Å². The maximum atomic E-state index is 5.86. The van der Waals surface area contributed by atoms with Crippen molar-refractivity contribution in [2.24, 2.45) is 0 Å². The van der Waals surface area contributed by atoms with Crippen LogP contribution in [0.25, 0.3) is 11.4 Å². The summed E-state index contributed by atoms with van der Waals surface area (Å²) in [6.45, 7) is 2.82. The summed E-state index contributed by atoms with van der Waals surface area (Å²) in [5, 5.41) is 4.57. The molecule has 0 saturated heterocycles. The van der Waals surface area contributed by atoms with E-state index in [1.165, 1.54) is 0 Å². The smallest absolute Gasteiger partial charge is 0.172 e. The fourth-order valence-electron chi connectivity index (χ4n) is 1.12. The maximum absolute atomic E-state index is 5.86. The molecule has 0 bridgehead atoms. The van der Waals surface area contributed by atoms with Gasteiger partial charge in [0.2, 0.25) is 0 Å². The Morgan fingerprint density at radius 2 is 2.38 bits per heavy atom. The Hall–Kier alpha value is -0.940. The zero-order valence-electron chi connectivity index (χ0n) is 6.94. The predicted molar refractivity (Wildman–Crippen MR) is 51.8 cm³/mol. The summed E-state index contributed by atoms with van der Waals surface area (Å²) in [5.41, 5.74) is 1.63. The van der Waals surface area contributed by atoms with Crippen LogP contribution < -0.4 is 0 Å². The molecule has 0 aliphatic heterocycles. The molecule has 2 heterocycles. The second-order valence-electron chi connectivity index (χ2n) is 2.44. The maximum Gasteiger partial charge on any atom is 0.172 e. The van der Waals surface area contributed by atoms with E-state index < -0.39 is 0 Å². The van der Waals surface area contributed by atoms with Gasteiger partial charge in [-0.1, -0.05) is 11.6 Å². The highest BCUT2D eigenvalue weighted by Crippen LogP contribution is 2.24. The normalized spacial score (nSPS) is 10.6. The molecule has 13 heavy (non-hydrogen) atoms. The first-order valence-corrected chi connectivity index (χ1v) is 4.94. The van der Waals surface area contributed by atoms with Crippen LogP contribution in [0.1, 0.15) is 6.92 Å². The molecular weight excluding hydrogens is 208 g/mol. The van der Waals surface area contributed by atoms with Crippen molar-refractivity contribution in [3.05, 3.63) is 17.4 Å². The number of hydrogen-bond acceptors (Lipinski definition) is 4. The summed E-state index contributed by atoms with van der Waals surface area (Å²) >= 11 is 6.97. The summed E-state index contributed by atoms with van der Waals surface area (Å²) in [7, 11) is 0. The van der Waals surface area contributed by atoms with Crippen molar-refractivity contribution in [3.8, 4) is 11.4 Å². The number of halogens is 1. The fraction of sp³-hybridized carbons (Fsp3) is 0.286. The van der Waals surface area contributed by atoms with Gasteiger partial charge in [0.15, 0.2) is 5.15 Å². The van der Waals surface area contributed by atoms with E-state index in [9.17, 15) is 0 Å². The van der Waals surface area contributed by atoms with Crippen LogP contribution in [0.15, 0.2) is 12.3 Å². The molecule has 2 aromatic rings. The Morgan fingerprint density at radius 3 is 3.00 bits per heavy atom. The molecule has 0 aliphatic rings. The number of aromatic nitrogens is 4. The first kappa shape index (κ1) is 8.65. The largest absolute Gasteiger partial charge is 0.263 e. The number of nitrogens with zero attached hydrogens (tertiary/aromatic N) is 4. The lowest BCUT2D eigenvalue weighted by molar-refractivity contribution is 0.666. The van der Waals surface area contributed by atoms with Crippen LogP contribution in [0.5, 0.6) is 0 Å². The molecular formula is C7H7ClN4S. The molecule has 0 unspecified atom stereocenters. The van der Waals surface area contributed by atoms with Crippen LogP contribution >= 0.6 is 23.3 Å². The van der Waals surface area contributed by atoms with E-state index in [1.54, 1.807) is 6.20 Å². The van der Waals surface area contributed by atoms with Gasteiger partial charge in [0.25, 0.3) is 0 Å². The molecule has 0 radical (unpaired) electrons. The third-order valence-corrected chi connectivity index (χ3v) is 2.60. The van der Waals surface area contributed by atoms with Gasteiger partial charge in [-0.05, 0) is 13.0 Å². The molecule has 0 aliphatic carbocycles. The highest BCUT2D eigenvalue weighted by Gasteiger charge is 2.11. The van der Waals surface area contributed by atoms with Crippen LogP contribution in [-0.2, 0) is 6.54 Å². The quantitative estimate of drug-likeness (QED) is 0.769. The van der Waals surface area contributed by atoms with Gasteiger partial charge < -0.3 is 0 Å². The topological polar surface area (TPSA) is 43.6 Å². The van der Waals surface area contributed by atoms with Crippen molar-refractivity contribution in [1.29, 1.82) is 0 Å². The zero-order valence-corrected chi connectivity index (χ0v) is 8.51. The van der Waals surface area contributed by atoms with E-state index in [0.717, 1.165) is 24.0 Å². The molecule has 2 aromatic heterocycles. The van der Waals surface area contributed by atoms with E-state index in [2.05, 4.69) is 13.8 Å². The second kappa shape index (κ2) is 3.43. The predicted octanol–water partition coefficient (Wildman–Crippen LogP) is 2.07. The molecule has 4 nitrogen and oxygen atoms in total. The summed E-state index contributed by atoms with van der Waals surface area (Å²) in [6, 6.07) is 1.88. The number of rotatable bonds is 2. The molecule has 2 rings (SSSR count). The van der Waals surface area contributed by atoms with Crippen molar-refractivity contribution >= 4 is 23.3 Å². The van der Waals surface area contributed by atoms with Crippen LogP contribution in [0.2, 0.25) is 5.15 Å². The molecule has 6 heteroatoms. The molecule has 68 valence electrons. The van der Waals surface area contributed by atoms with Crippen LogP contribution in [0.4, 0.5) is 0 Å². The van der Waals surface area contributed by atoms with Gasteiger partial charge in [-0.25, -0.2) is 0 Å². The summed E-state index contributed by atoms with van der Waals surface area (Å²) in [4.78, 5) is 0. The van der Waals surface area contributed by atoms with Gasteiger partial charge >= 0.3 is 0 Å². The third-order valence-electron chi connectivity index (χ3n) is 1.71. The lowest BCUT2D eigenvalue weighted by atomic mass is 10.3. The Morgan fingerprint density at radius 1 is 1.54 bits per heavy atom. The molecule has 0 atom stereocenters. The van der Waals surface area contributed by atoms with Crippen molar-refractivity contribution in [2.45, 2.75) is 13.5 Å². The first-order chi connectivity index (χ1) is 6.33. The minimum Gasteiger partial charge on any atom is -0.263 e. The Bertz CT molecular complexity index is 408. The summed E-state index contributed by atoms with van der Waals surface area (Å²) in [6.07, 6.45) is 1.73. The van der Waals surface area contributed by atoms with Crippen LogP contribution in [0, 0.1) is 0 Å². The Labute approximate surface area is 84.5 Å². The van der Waals surface area contributed by atoms with Crippen molar-refractivity contribution in [2.75, 3.05) is 0 Å². The third kappa shape index (κ3) is 1.45. The molecule has 0 saturated carbocycles. The standard InChI is InChI=1S/C7H7ClN4S/c1-2-12-5(3-4-9-12)6-7(8)11-13-10-6/h3-4H,2H2,1H3. The first-order valence-electron chi connectivity index (χ1n) is 3.83. The van der Waals surface area contributed by atoms with Crippen LogP contribution in [0.3, 0.4) is 0 Å². The Balaban J connectivity index is 2.52. The highest BCUT2D eigenvalue weighted by atomic mass is 35.5. The average Bonchev–Trinajstić information content (AvgIpc) is 2.71. The van der Waals surface area contributed by atoms with Gasteiger partial charge in [0.05, 0.1) is 17.4 Å². The van der Waals surface area contributed by atoms with Gasteiger partial charge in [-0.3, -0.25) is 4.68 Å². The average molecular weight is 215 g/mol. The number of aryl methyl sites for hydroxylation is 1. The highest BCUT2D eigenvalue weighted by molar-refractivity contribution is 6.99. The summed E-state index contributed by atoms with van der Waals surface area (Å²) in [5.74, 6) is 0. The van der Waals surface area contributed by atoms with Crippen LogP contribution in [-0.4, -0.2) is 18.5 Å². The fourth-order valence-corrected chi connectivity index (χ4v) is 1.86. The minimum absolute atomic E-state index is 0.445. The molecule has 0 fully saturated rings. The summed E-state index contributed by atoms with van der Waals surface area (Å²) < 4.78 is 9.84.